The summed E-state index contributed by atoms with van der Waals surface area (Å²) in [6.07, 6.45) is 3.91. The van der Waals surface area contributed by atoms with Crippen LogP contribution in [0.3, 0.4) is 0 Å². The van der Waals surface area contributed by atoms with Gasteiger partial charge < -0.3 is 14.2 Å². The van der Waals surface area contributed by atoms with Gasteiger partial charge in [-0.25, -0.2) is 9.78 Å². The number of hydrogen-bond donors (Lipinski definition) is 0. The number of carbonyl (C=O) groups is 1. The summed E-state index contributed by atoms with van der Waals surface area (Å²) in [4.78, 5) is 19.0. The Kier molecular flexibility index (Phi) is 4.28. The molecule has 0 N–H and O–H groups in total. The highest BCUT2D eigenvalue weighted by Gasteiger charge is 2.29. The van der Waals surface area contributed by atoms with E-state index in [1.807, 2.05) is 43.5 Å². The molecule has 1 amide bonds. The largest absolute Gasteiger partial charge is 0.444 e. The molecule has 1 fully saturated rings. The summed E-state index contributed by atoms with van der Waals surface area (Å²) in [5.41, 5.74) is 2.86. The Bertz CT molecular complexity index is 758. The van der Waals surface area contributed by atoms with Gasteiger partial charge >= 0.3 is 6.09 Å². The van der Waals surface area contributed by atoms with Gasteiger partial charge in [0.1, 0.15) is 11.2 Å². The van der Waals surface area contributed by atoms with Crippen molar-refractivity contribution in [2.24, 2.45) is 7.05 Å². The number of piperidine rings is 1. The van der Waals surface area contributed by atoms with Crippen LogP contribution < -0.4 is 0 Å². The van der Waals surface area contributed by atoms with Crippen LogP contribution in [-0.2, 0) is 11.8 Å². The molecule has 0 radical (unpaired) electrons. The van der Waals surface area contributed by atoms with E-state index in [1.165, 1.54) is 5.56 Å². The van der Waals surface area contributed by atoms with E-state index < -0.39 is 5.60 Å². The van der Waals surface area contributed by atoms with Crippen molar-refractivity contribution in [3.8, 4) is 0 Å². The predicted molar refractivity (Wildman–Crippen MR) is 95.2 cm³/mol. The Morgan fingerprint density at radius 2 is 2.12 bits per heavy atom. The highest BCUT2D eigenvalue weighted by Crippen LogP contribution is 2.31. The molecule has 5 heteroatoms. The molecule has 24 heavy (non-hydrogen) atoms. The fraction of sp³-hybridized carbons (Fsp3) is 0.579. The van der Waals surface area contributed by atoms with E-state index in [4.69, 9.17) is 9.72 Å². The normalized spacial score (nSPS) is 18.9. The summed E-state index contributed by atoms with van der Waals surface area (Å²) in [6.45, 7) is 9.26. The fourth-order valence-corrected chi connectivity index (χ4v) is 3.43. The molecule has 3 heterocycles. The minimum atomic E-state index is -0.454. The molecule has 1 aliphatic rings. The molecule has 2 aromatic heterocycles. The van der Waals surface area contributed by atoms with Gasteiger partial charge in [0.15, 0.2) is 0 Å². The van der Waals surface area contributed by atoms with E-state index >= 15 is 0 Å². The van der Waals surface area contributed by atoms with Gasteiger partial charge in [-0.2, -0.15) is 0 Å². The first kappa shape index (κ1) is 16.8. The summed E-state index contributed by atoms with van der Waals surface area (Å²) in [6, 6.07) is 4.33. The number of rotatable bonds is 1. The zero-order valence-electron chi connectivity index (χ0n) is 15.3. The second kappa shape index (κ2) is 6.11. The lowest BCUT2D eigenvalue weighted by atomic mass is 9.89. The standard InChI is InChI=1S/C19H27N3O2/c1-13-16(11-14-8-10-21(5)17(14)20-13)15-7-6-9-22(12-15)18(23)24-19(2,3)4/h8,10-11,15H,6-7,9,12H2,1-5H3. The molecule has 0 aromatic carbocycles. The Hall–Kier alpha value is -2.04. The maximum absolute atomic E-state index is 12.4. The number of aromatic nitrogens is 2. The molecule has 0 aliphatic carbocycles. The maximum atomic E-state index is 12.4. The molecule has 1 saturated heterocycles. The Balaban J connectivity index is 1.82. The average Bonchev–Trinajstić information content (AvgIpc) is 2.86. The van der Waals surface area contributed by atoms with Gasteiger partial charge in [0, 0.05) is 43.3 Å². The number of ether oxygens (including phenoxy) is 1. The van der Waals surface area contributed by atoms with Crippen molar-refractivity contribution in [1.29, 1.82) is 0 Å². The lowest BCUT2D eigenvalue weighted by Crippen LogP contribution is -2.42. The molecule has 0 bridgehead atoms. The van der Waals surface area contributed by atoms with Crippen LogP contribution >= 0.6 is 0 Å². The molecule has 130 valence electrons. The first-order chi connectivity index (χ1) is 11.2. The quantitative estimate of drug-likeness (QED) is 0.794. The molecule has 1 atom stereocenters. The van der Waals surface area contributed by atoms with E-state index in [-0.39, 0.29) is 6.09 Å². The van der Waals surface area contributed by atoms with Crippen LogP contribution in [0.4, 0.5) is 4.79 Å². The van der Waals surface area contributed by atoms with Gasteiger partial charge in [0.2, 0.25) is 0 Å². The first-order valence-electron chi connectivity index (χ1n) is 8.65. The SMILES string of the molecule is Cc1nc2c(ccn2C)cc1C1CCCN(C(=O)OC(C)(C)C)C1. The smallest absolute Gasteiger partial charge is 0.410 e. The van der Waals surface area contributed by atoms with Crippen LogP contribution in [0.5, 0.6) is 0 Å². The minimum absolute atomic E-state index is 0.210. The number of amides is 1. The van der Waals surface area contributed by atoms with E-state index in [9.17, 15) is 4.79 Å². The van der Waals surface area contributed by atoms with Crippen LogP contribution in [0.15, 0.2) is 18.3 Å². The third-order valence-corrected chi connectivity index (χ3v) is 4.59. The third-order valence-electron chi connectivity index (χ3n) is 4.59. The summed E-state index contributed by atoms with van der Waals surface area (Å²) in [5, 5.41) is 1.16. The number of fused-ring (bicyclic) bond motifs is 1. The van der Waals surface area contributed by atoms with Crippen LogP contribution in [-0.4, -0.2) is 39.2 Å². The first-order valence-corrected chi connectivity index (χ1v) is 8.65. The van der Waals surface area contributed by atoms with Crippen molar-refractivity contribution in [2.45, 2.75) is 52.1 Å². The lowest BCUT2D eigenvalue weighted by Gasteiger charge is -2.34. The molecule has 0 spiro atoms. The Morgan fingerprint density at radius 3 is 2.83 bits per heavy atom. The van der Waals surface area contributed by atoms with Crippen LogP contribution in [0.2, 0.25) is 0 Å². The monoisotopic (exact) mass is 329 g/mol. The van der Waals surface area contributed by atoms with Crippen LogP contribution in [0.1, 0.15) is 50.8 Å². The number of pyridine rings is 1. The van der Waals surface area contributed by atoms with Crippen molar-refractivity contribution in [3.63, 3.8) is 0 Å². The van der Waals surface area contributed by atoms with Crippen molar-refractivity contribution in [1.82, 2.24) is 14.5 Å². The van der Waals surface area contributed by atoms with E-state index in [0.29, 0.717) is 12.5 Å². The number of nitrogens with zero attached hydrogens (tertiary/aromatic N) is 3. The van der Waals surface area contributed by atoms with E-state index in [1.54, 1.807) is 0 Å². The zero-order chi connectivity index (χ0) is 17.5. The highest BCUT2D eigenvalue weighted by atomic mass is 16.6. The Labute approximate surface area is 143 Å². The van der Waals surface area contributed by atoms with Crippen molar-refractivity contribution >= 4 is 17.1 Å². The molecule has 1 aliphatic heterocycles. The lowest BCUT2D eigenvalue weighted by molar-refractivity contribution is 0.0198. The predicted octanol–water partition coefficient (Wildman–Crippen LogP) is 4.00. The molecule has 0 saturated carbocycles. The summed E-state index contributed by atoms with van der Waals surface area (Å²) in [5.74, 6) is 0.323. The molecule has 1 unspecified atom stereocenters. The summed E-state index contributed by atoms with van der Waals surface area (Å²) < 4.78 is 7.57. The van der Waals surface area contributed by atoms with Crippen LogP contribution in [0, 0.1) is 6.92 Å². The van der Waals surface area contributed by atoms with E-state index in [0.717, 1.165) is 36.1 Å². The minimum Gasteiger partial charge on any atom is -0.444 e. The zero-order valence-corrected chi connectivity index (χ0v) is 15.3. The van der Waals surface area contributed by atoms with Crippen molar-refractivity contribution in [2.75, 3.05) is 13.1 Å². The van der Waals surface area contributed by atoms with Gasteiger partial charge in [0.25, 0.3) is 0 Å². The molecule has 3 rings (SSSR count). The van der Waals surface area contributed by atoms with Gasteiger partial charge in [0.05, 0.1) is 0 Å². The van der Waals surface area contributed by atoms with E-state index in [2.05, 4.69) is 19.1 Å². The molecule has 5 nitrogen and oxygen atoms in total. The number of hydrogen-bond acceptors (Lipinski definition) is 3. The van der Waals surface area contributed by atoms with Gasteiger partial charge in [-0.15, -0.1) is 0 Å². The molecule has 2 aromatic rings. The summed E-state index contributed by atoms with van der Waals surface area (Å²) in [7, 11) is 2.01. The topological polar surface area (TPSA) is 47.4 Å². The fourth-order valence-electron chi connectivity index (χ4n) is 3.43. The number of likely N-dealkylation sites (tertiary alicyclic amines) is 1. The van der Waals surface area contributed by atoms with Gasteiger partial charge in [-0.1, -0.05) is 0 Å². The van der Waals surface area contributed by atoms with Crippen molar-refractivity contribution in [3.05, 3.63) is 29.6 Å². The van der Waals surface area contributed by atoms with Crippen LogP contribution in [0.25, 0.3) is 11.0 Å². The van der Waals surface area contributed by atoms with Gasteiger partial charge in [-0.3, -0.25) is 0 Å². The summed E-state index contributed by atoms with van der Waals surface area (Å²) >= 11 is 0. The third kappa shape index (κ3) is 3.40. The second-order valence-corrected chi connectivity index (χ2v) is 7.77. The average molecular weight is 329 g/mol. The number of carbonyl (C=O) groups excluding carboxylic acids is 1. The molecular weight excluding hydrogens is 302 g/mol. The van der Waals surface area contributed by atoms with Crippen molar-refractivity contribution < 1.29 is 9.53 Å². The maximum Gasteiger partial charge on any atom is 0.410 e. The highest BCUT2D eigenvalue weighted by molar-refractivity contribution is 5.77. The second-order valence-electron chi connectivity index (χ2n) is 7.77. The molecular formula is C19H27N3O2. The van der Waals surface area contributed by atoms with Gasteiger partial charge in [-0.05, 0) is 58.2 Å². The number of aryl methyl sites for hydroxylation is 2. The Morgan fingerprint density at radius 1 is 1.38 bits per heavy atom.